The Bertz CT molecular complexity index is 672. The third-order valence-electron chi connectivity index (χ3n) is 2.76. The molecule has 0 atom stereocenters. The SMILES string of the molecule is Cc1cnn(CCNc2cccc(C#N)c2[N+](=O)[O-])c1. The number of anilines is 1. The normalized spacial score (nSPS) is 10.0. The molecule has 1 N–H and O–H groups in total. The van der Waals surface area contributed by atoms with E-state index in [1.807, 2.05) is 19.2 Å². The maximum Gasteiger partial charge on any atom is 0.309 e. The second-order valence-corrected chi connectivity index (χ2v) is 4.28. The zero-order valence-corrected chi connectivity index (χ0v) is 10.9. The summed E-state index contributed by atoms with van der Waals surface area (Å²) in [5.41, 5.74) is 1.27. The molecule has 102 valence electrons. The first-order valence-corrected chi connectivity index (χ1v) is 6.02. The fourth-order valence-corrected chi connectivity index (χ4v) is 1.87. The summed E-state index contributed by atoms with van der Waals surface area (Å²) in [6.07, 6.45) is 3.64. The van der Waals surface area contributed by atoms with Crippen LogP contribution in [0.3, 0.4) is 0 Å². The number of aromatic nitrogens is 2. The van der Waals surface area contributed by atoms with Crippen LogP contribution in [-0.4, -0.2) is 21.2 Å². The smallest absolute Gasteiger partial charge is 0.309 e. The average Bonchev–Trinajstić information content (AvgIpc) is 2.83. The van der Waals surface area contributed by atoms with Gasteiger partial charge in [-0.15, -0.1) is 0 Å². The van der Waals surface area contributed by atoms with E-state index in [9.17, 15) is 10.1 Å². The van der Waals surface area contributed by atoms with Crippen molar-refractivity contribution in [2.24, 2.45) is 0 Å². The van der Waals surface area contributed by atoms with E-state index in [1.165, 1.54) is 6.07 Å². The number of nitriles is 1. The lowest BCUT2D eigenvalue weighted by Crippen LogP contribution is -2.12. The zero-order chi connectivity index (χ0) is 14.5. The molecule has 0 aliphatic heterocycles. The number of para-hydroxylation sites is 1. The molecule has 0 bridgehead atoms. The molecule has 1 aromatic carbocycles. The van der Waals surface area contributed by atoms with Gasteiger partial charge in [-0.05, 0) is 24.6 Å². The number of benzene rings is 1. The van der Waals surface area contributed by atoms with Crippen LogP contribution in [-0.2, 0) is 6.54 Å². The van der Waals surface area contributed by atoms with Gasteiger partial charge in [-0.25, -0.2) is 0 Å². The first-order chi connectivity index (χ1) is 9.61. The number of hydrogen-bond acceptors (Lipinski definition) is 5. The average molecular weight is 271 g/mol. The predicted molar refractivity (Wildman–Crippen MR) is 73.3 cm³/mol. The Labute approximate surface area is 115 Å². The standard InChI is InChI=1S/C13H13N5O2/c1-10-8-16-17(9-10)6-5-15-12-4-2-3-11(7-14)13(12)18(19)20/h2-4,8-9,15H,5-6H2,1H3. The lowest BCUT2D eigenvalue weighted by atomic mass is 10.1. The summed E-state index contributed by atoms with van der Waals surface area (Å²) in [7, 11) is 0. The van der Waals surface area contributed by atoms with Gasteiger partial charge in [0.1, 0.15) is 17.3 Å². The minimum atomic E-state index is -0.543. The Morgan fingerprint density at radius 3 is 2.95 bits per heavy atom. The number of nitrogens with zero attached hydrogens (tertiary/aromatic N) is 4. The van der Waals surface area contributed by atoms with E-state index in [-0.39, 0.29) is 11.3 Å². The Morgan fingerprint density at radius 2 is 2.35 bits per heavy atom. The van der Waals surface area contributed by atoms with Gasteiger partial charge in [0.05, 0.1) is 17.7 Å². The minimum Gasteiger partial charge on any atom is -0.378 e. The van der Waals surface area contributed by atoms with Crippen LogP contribution >= 0.6 is 0 Å². The van der Waals surface area contributed by atoms with Crippen molar-refractivity contribution in [3.63, 3.8) is 0 Å². The fourth-order valence-electron chi connectivity index (χ4n) is 1.87. The Morgan fingerprint density at radius 1 is 1.55 bits per heavy atom. The van der Waals surface area contributed by atoms with Crippen molar-refractivity contribution in [2.75, 3.05) is 11.9 Å². The van der Waals surface area contributed by atoms with E-state index < -0.39 is 4.92 Å². The van der Waals surface area contributed by atoms with Crippen LogP contribution in [0.15, 0.2) is 30.6 Å². The highest BCUT2D eigenvalue weighted by atomic mass is 16.6. The summed E-state index contributed by atoms with van der Waals surface area (Å²) in [6.45, 7) is 3.01. The molecule has 0 aliphatic rings. The monoisotopic (exact) mass is 271 g/mol. The number of nitro benzene ring substituents is 1. The fraction of sp³-hybridized carbons (Fsp3) is 0.231. The maximum atomic E-state index is 11.0. The van der Waals surface area contributed by atoms with Crippen LogP contribution in [0.25, 0.3) is 0 Å². The summed E-state index contributed by atoms with van der Waals surface area (Å²) in [5.74, 6) is 0. The van der Waals surface area contributed by atoms with Crippen molar-refractivity contribution in [3.05, 3.63) is 51.8 Å². The van der Waals surface area contributed by atoms with Crippen molar-refractivity contribution < 1.29 is 4.92 Å². The molecule has 0 saturated carbocycles. The molecule has 0 spiro atoms. The van der Waals surface area contributed by atoms with Crippen LogP contribution in [0.1, 0.15) is 11.1 Å². The lowest BCUT2D eigenvalue weighted by molar-refractivity contribution is -0.384. The molecule has 0 saturated heterocycles. The van der Waals surface area contributed by atoms with E-state index in [1.54, 1.807) is 23.0 Å². The van der Waals surface area contributed by atoms with Crippen LogP contribution in [0.4, 0.5) is 11.4 Å². The van der Waals surface area contributed by atoms with Crippen molar-refractivity contribution >= 4 is 11.4 Å². The van der Waals surface area contributed by atoms with Crippen LogP contribution in [0.5, 0.6) is 0 Å². The zero-order valence-electron chi connectivity index (χ0n) is 10.9. The van der Waals surface area contributed by atoms with E-state index in [2.05, 4.69) is 10.4 Å². The van der Waals surface area contributed by atoms with Gasteiger partial charge >= 0.3 is 5.69 Å². The molecule has 1 aromatic heterocycles. The molecule has 2 rings (SSSR count). The summed E-state index contributed by atoms with van der Waals surface area (Å²) >= 11 is 0. The third-order valence-corrected chi connectivity index (χ3v) is 2.76. The number of aryl methyl sites for hydroxylation is 1. The molecule has 2 aromatic rings. The Kier molecular flexibility index (Phi) is 3.96. The van der Waals surface area contributed by atoms with Crippen LogP contribution in [0, 0.1) is 28.4 Å². The molecule has 0 amide bonds. The molecule has 1 heterocycles. The summed E-state index contributed by atoms with van der Waals surface area (Å²) in [6, 6.07) is 6.47. The topological polar surface area (TPSA) is 96.8 Å². The van der Waals surface area contributed by atoms with Gasteiger partial charge in [0.2, 0.25) is 0 Å². The minimum absolute atomic E-state index is 0.0509. The van der Waals surface area contributed by atoms with Gasteiger partial charge in [0.25, 0.3) is 0 Å². The quantitative estimate of drug-likeness (QED) is 0.663. The Balaban J connectivity index is 2.10. The predicted octanol–water partition coefficient (Wildman–Crippen LogP) is 2.08. The summed E-state index contributed by atoms with van der Waals surface area (Å²) in [5, 5.41) is 27.0. The van der Waals surface area contributed by atoms with E-state index in [0.29, 0.717) is 18.8 Å². The first-order valence-electron chi connectivity index (χ1n) is 6.02. The second-order valence-electron chi connectivity index (χ2n) is 4.28. The van der Waals surface area contributed by atoms with Gasteiger partial charge < -0.3 is 5.32 Å². The van der Waals surface area contributed by atoms with Gasteiger partial charge in [-0.1, -0.05) is 6.07 Å². The van der Waals surface area contributed by atoms with Crippen molar-refractivity contribution in [1.82, 2.24) is 9.78 Å². The highest BCUT2D eigenvalue weighted by Crippen LogP contribution is 2.27. The largest absolute Gasteiger partial charge is 0.378 e. The van der Waals surface area contributed by atoms with E-state index >= 15 is 0 Å². The molecule has 0 fully saturated rings. The third kappa shape index (κ3) is 2.92. The summed E-state index contributed by atoms with van der Waals surface area (Å²) < 4.78 is 1.75. The highest BCUT2D eigenvalue weighted by molar-refractivity contribution is 5.68. The van der Waals surface area contributed by atoms with Crippen molar-refractivity contribution in [2.45, 2.75) is 13.5 Å². The second kappa shape index (κ2) is 5.84. The Hall–Kier alpha value is -2.88. The molecule has 7 heteroatoms. The molecular weight excluding hydrogens is 258 g/mol. The van der Waals surface area contributed by atoms with E-state index in [0.717, 1.165) is 5.56 Å². The van der Waals surface area contributed by atoms with Gasteiger partial charge in [-0.3, -0.25) is 14.8 Å². The first kappa shape index (κ1) is 13.5. The molecule has 0 aliphatic carbocycles. The molecule has 7 nitrogen and oxygen atoms in total. The highest BCUT2D eigenvalue weighted by Gasteiger charge is 2.18. The molecular formula is C13H13N5O2. The molecule has 0 radical (unpaired) electrons. The number of hydrogen-bond donors (Lipinski definition) is 1. The summed E-state index contributed by atoms with van der Waals surface area (Å²) in [4.78, 5) is 10.5. The number of nitro groups is 1. The molecule has 0 unspecified atom stereocenters. The molecule has 20 heavy (non-hydrogen) atoms. The van der Waals surface area contributed by atoms with Gasteiger partial charge in [0, 0.05) is 12.7 Å². The number of nitrogens with one attached hydrogen (secondary N) is 1. The lowest BCUT2D eigenvalue weighted by Gasteiger charge is -2.07. The van der Waals surface area contributed by atoms with Gasteiger partial charge in [-0.2, -0.15) is 10.4 Å². The van der Waals surface area contributed by atoms with Crippen molar-refractivity contribution in [3.8, 4) is 6.07 Å². The van der Waals surface area contributed by atoms with Crippen LogP contribution < -0.4 is 5.32 Å². The van der Waals surface area contributed by atoms with Crippen LogP contribution in [0.2, 0.25) is 0 Å². The maximum absolute atomic E-state index is 11.0. The van der Waals surface area contributed by atoms with Crippen molar-refractivity contribution in [1.29, 1.82) is 5.26 Å². The number of rotatable bonds is 5. The van der Waals surface area contributed by atoms with Gasteiger partial charge in [0.15, 0.2) is 0 Å². The van der Waals surface area contributed by atoms with E-state index in [4.69, 9.17) is 5.26 Å².